The van der Waals surface area contributed by atoms with E-state index in [0.717, 1.165) is 37.1 Å². The summed E-state index contributed by atoms with van der Waals surface area (Å²) in [5.74, 6) is 0.986. The van der Waals surface area contributed by atoms with Gasteiger partial charge < -0.3 is 20.3 Å². The van der Waals surface area contributed by atoms with Crippen molar-refractivity contribution < 1.29 is 14.3 Å². The molecule has 0 bridgehead atoms. The Morgan fingerprint density at radius 2 is 1.84 bits per heavy atom. The average molecular weight is 439 g/mol. The molecule has 2 heterocycles. The average Bonchev–Trinajstić information content (AvgIpc) is 2.85. The minimum absolute atomic E-state index is 0.0929. The lowest BCUT2D eigenvalue weighted by molar-refractivity contribution is 0.0801. The molecular weight excluding hydrogens is 404 g/mol. The molecule has 3 rings (SSSR count). The number of rotatable bonds is 9. The quantitative estimate of drug-likeness (QED) is 0.604. The Hall–Kier alpha value is -3.09. The van der Waals surface area contributed by atoms with E-state index in [1.54, 1.807) is 23.2 Å². The van der Waals surface area contributed by atoms with Crippen molar-refractivity contribution >= 4 is 17.8 Å². The van der Waals surface area contributed by atoms with Gasteiger partial charge >= 0.3 is 6.09 Å². The SMILES string of the molecule is CCC(CC)Nc1cc(C(=O)NCC2CCN(C(=O)OCc3ccccc3)CC2)ccn1. The molecule has 0 atom stereocenters. The molecule has 0 spiro atoms. The van der Waals surface area contributed by atoms with Crippen LogP contribution in [0.5, 0.6) is 0 Å². The fourth-order valence-corrected chi connectivity index (χ4v) is 3.82. The van der Waals surface area contributed by atoms with E-state index in [-0.39, 0.29) is 18.6 Å². The minimum atomic E-state index is -0.273. The largest absolute Gasteiger partial charge is 0.445 e. The van der Waals surface area contributed by atoms with Gasteiger partial charge in [0.15, 0.2) is 0 Å². The summed E-state index contributed by atoms with van der Waals surface area (Å²) in [5, 5.41) is 6.41. The molecule has 32 heavy (non-hydrogen) atoms. The number of pyridine rings is 1. The number of piperidine rings is 1. The van der Waals surface area contributed by atoms with E-state index < -0.39 is 0 Å². The van der Waals surface area contributed by atoms with Crippen LogP contribution >= 0.6 is 0 Å². The van der Waals surface area contributed by atoms with Crippen molar-refractivity contribution in [3.05, 3.63) is 59.8 Å². The predicted octanol–water partition coefficient (Wildman–Crippen LogP) is 4.46. The zero-order valence-electron chi connectivity index (χ0n) is 19.0. The third-order valence-corrected chi connectivity index (χ3v) is 5.99. The highest BCUT2D eigenvalue weighted by atomic mass is 16.6. The maximum absolute atomic E-state index is 12.6. The van der Waals surface area contributed by atoms with Gasteiger partial charge in [-0.1, -0.05) is 44.2 Å². The first kappa shape index (κ1) is 23.6. The first-order chi connectivity index (χ1) is 15.6. The van der Waals surface area contributed by atoms with Crippen LogP contribution in [0.4, 0.5) is 10.6 Å². The summed E-state index contributed by atoms with van der Waals surface area (Å²) in [6.07, 6.45) is 5.10. The molecule has 1 aromatic carbocycles. The van der Waals surface area contributed by atoms with E-state index in [1.807, 2.05) is 30.3 Å². The predicted molar refractivity (Wildman–Crippen MR) is 125 cm³/mol. The molecule has 0 radical (unpaired) electrons. The number of nitrogens with one attached hydrogen (secondary N) is 2. The number of nitrogens with zero attached hydrogens (tertiary/aromatic N) is 2. The Bertz CT molecular complexity index is 863. The van der Waals surface area contributed by atoms with Crippen LogP contribution in [0.3, 0.4) is 0 Å². The minimum Gasteiger partial charge on any atom is -0.445 e. The number of amides is 2. The molecule has 7 nitrogen and oxygen atoms in total. The number of anilines is 1. The number of aromatic nitrogens is 1. The summed E-state index contributed by atoms with van der Waals surface area (Å²) in [4.78, 5) is 31.0. The van der Waals surface area contributed by atoms with E-state index in [0.29, 0.717) is 37.2 Å². The molecule has 0 unspecified atom stereocenters. The third-order valence-electron chi connectivity index (χ3n) is 5.99. The smallest absolute Gasteiger partial charge is 0.410 e. The van der Waals surface area contributed by atoms with Crippen molar-refractivity contribution in [1.29, 1.82) is 0 Å². The first-order valence-corrected chi connectivity index (χ1v) is 11.6. The van der Waals surface area contributed by atoms with Crippen molar-refractivity contribution in [2.45, 2.75) is 52.2 Å². The highest BCUT2D eigenvalue weighted by molar-refractivity contribution is 5.94. The van der Waals surface area contributed by atoms with Crippen molar-refractivity contribution in [1.82, 2.24) is 15.2 Å². The van der Waals surface area contributed by atoms with Crippen LogP contribution in [0.25, 0.3) is 0 Å². The summed E-state index contributed by atoms with van der Waals surface area (Å²) in [6.45, 7) is 6.44. The Morgan fingerprint density at radius 1 is 1.12 bits per heavy atom. The molecule has 2 N–H and O–H groups in total. The molecule has 1 aromatic heterocycles. The van der Waals surface area contributed by atoms with E-state index >= 15 is 0 Å². The lowest BCUT2D eigenvalue weighted by Crippen LogP contribution is -2.41. The second-order valence-electron chi connectivity index (χ2n) is 8.27. The van der Waals surface area contributed by atoms with Crippen LogP contribution in [0.15, 0.2) is 48.7 Å². The first-order valence-electron chi connectivity index (χ1n) is 11.6. The lowest BCUT2D eigenvalue weighted by Gasteiger charge is -2.31. The molecule has 1 aliphatic rings. The van der Waals surface area contributed by atoms with Crippen LogP contribution in [0.1, 0.15) is 55.5 Å². The third kappa shape index (κ3) is 6.97. The van der Waals surface area contributed by atoms with Gasteiger partial charge in [0.2, 0.25) is 0 Å². The monoisotopic (exact) mass is 438 g/mol. The topological polar surface area (TPSA) is 83.6 Å². The fourth-order valence-electron chi connectivity index (χ4n) is 3.82. The number of ether oxygens (including phenoxy) is 1. The van der Waals surface area contributed by atoms with Crippen molar-refractivity contribution in [3.8, 4) is 0 Å². The van der Waals surface area contributed by atoms with Crippen LogP contribution < -0.4 is 10.6 Å². The van der Waals surface area contributed by atoms with Crippen molar-refractivity contribution in [2.24, 2.45) is 5.92 Å². The van der Waals surface area contributed by atoms with Gasteiger partial charge in [0.25, 0.3) is 5.91 Å². The standard InChI is InChI=1S/C25H34N4O3/c1-3-22(4-2)28-23-16-21(10-13-26-23)24(30)27-17-19-11-14-29(15-12-19)25(31)32-18-20-8-6-5-7-9-20/h5-10,13,16,19,22H,3-4,11-12,14-15,17-18H2,1-2H3,(H,26,28)(H,27,30). The fraction of sp³-hybridized carbons (Fsp3) is 0.480. The Balaban J connectivity index is 1.40. The molecule has 1 saturated heterocycles. The van der Waals surface area contributed by atoms with Crippen molar-refractivity contribution in [3.63, 3.8) is 0 Å². The summed E-state index contributed by atoms with van der Waals surface area (Å²) < 4.78 is 5.42. The van der Waals surface area contributed by atoms with Crippen LogP contribution in [0, 0.1) is 5.92 Å². The summed E-state index contributed by atoms with van der Waals surface area (Å²) in [7, 11) is 0. The zero-order valence-corrected chi connectivity index (χ0v) is 19.0. The number of carbonyl (C=O) groups excluding carboxylic acids is 2. The molecular formula is C25H34N4O3. The van der Waals surface area contributed by atoms with Gasteiger partial charge in [0.1, 0.15) is 12.4 Å². The Kier molecular flexibility index (Phi) is 8.90. The maximum atomic E-state index is 12.6. The number of hydrogen-bond donors (Lipinski definition) is 2. The summed E-state index contributed by atoms with van der Waals surface area (Å²) in [5.41, 5.74) is 1.59. The van der Waals surface area contributed by atoms with Gasteiger partial charge in [-0.2, -0.15) is 0 Å². The van der Waals surface area contributed by atoms with E-state index in [1.165, 1.54) is 0 Å². The Labute approximate surface area is 190 Å². The second-order valence-corrected chi connectivity index (χ2v) is 8.27. The second kappa shape index (κ2) is 12.1. The molecule has 2 amide bonds. The molecule has 7 heteroatoms. The van der Waals surface area contributed by atoms with Gasteiger partial charge in [-0.25, -0.2) is 9.78 Å². The molecule has 1 fully saturated rings. The highest BCUT2D eigenvalue weighted by Crippen LogP contribution is 2.18. The van der Waals surface area contributed by atoms with Gasteiger partial charge in [-0.15, -0.1) is 0 Å². The summed E-state index contributed by atoms with van der Waals surface area (Å²) in [6, 6.07) is 13.6. The van der Waals surface area contributed by atoms with Gasteiger partial charge in [0, 0.05) is 37.4 Å². The van der Waals surface area contributed by atoms with Crippen LogP contribution in [0.2, 0.25) is 0 Å². The van der Waals surface area contributed by atoms with Gasteiger partial charge in [0.05, 0.1) is 0 Å². The van der Waals surface area contributed by atoms with Gasteiger partial charge in [-0.3, -0.25) is 4.79 Å². The van der Waals surface area contributed by atoms with Gasteiger partial charge in [-0.05, 0) is 49.3 Å². The molecule has 2 aromatic rings. The van der Waals surface area contributed by atoms with E-state index in [4.69, 9.17) is 4.74 Å². The zero-order chi connectivity index (χ0) is 22.8. The molecule has 0 aliphatic carbocycles. The summed E-state index contributed by atoms with van der Waals surface area (Å²) >= 11 is 0. The highest BCUT2D eigenvalue weighted by Gasteiger charge is 2.24. The van der Waals surface area contributed by atoms with E-state index in [2.05, 4.69) is 29.5 Å². The maximum Gasteiger partial charge on any atom is 0.410 e. The molecule has 0 saturated carbocycles. The number of benzene rings is 1. The number of likely N-dealkylation sites (tertiary alicyclic amines) is 1. The number of hydrogen-bond acceptors (Lipinski definition) is 5. The Morgan fingerprint density at radius 3 is 2.53 bits per heavy atom. The van der Waals surface area contributed by atoms with Crippen LogP contribution in [-0.4, -0.2) is 47.6 Å². The van der Waals surface area contributed by atoms with Crippen molar-refractivity contribution in [2.75, 3.05) is 25.0 Å². The normalized spacial score (nSPS) is 14.3. The lowest BCUT2D eigenvalue weighted by atomic mass is 9.97. The van der Waals surface area contributed by atoms with Crippen LogP contribution in [-0.2, 0) is 11.3 Å². The molecule has 1 aliphatic heterocycles. The number of carbonyl (C=O) groups is 2. The molecule has 172 valence electrons. The van der Waals surface area contributed by atoms with E-state index in [9.17, 15) is 9.59 Å².